The highest BCUT2D eigenvalue weighted by Gasteiger charge is 2.40. The summed E-state index contributed by atoms with van der Waals surface area (Å²) in [6, 6.07) is 18.3. The zero-order valence-electron chi connectivity index (χ0n) is 17.5. The van der Waals surface area contributed by atoms with E-state index in [0.29, 0.717) is 18.9 Å². The first-order valence-electron chi connectivity index (χ1n) is 10.9. The summed E-state index contributed by atoms with van der Waals surface area (Å²) in [5.41, 5.74) is 8.06. The van der Waals surface area contributed by atoms with Crippen LogP contribution in [0.4, 0.5) is 0 Å². The summed E-state index contributed by atoms with van der Waals surface area (Å²) in [5, 5.41) is 0. The third-order valence-corrected chi connectivity index (χ3v) is 6.18. The Hall–Kier alpha value is -2.57. The predicted octanol–water partition coefficient (Wildman–Crippen LogP) is 3.11. The fourth-order valence-electron chi connectivity index (χ4n) is 4.61. The normalized spacial score (nSPS) is 23.9. The van der Waals surface area contributed by atoms with Gasteiger partial charge in [-0.05, 0) is 49.1 Å². The van der Waals surface area contributed by atoms with Gasteiger partial charge in [-0.25, -0.2) is 0 Å². The molecule has 2 heterocycles. The van der Waals surface area contributed by atoms with Crippen LogP contribution < -0.4 is 20.3 Å². The number of benzene rings is 2. The topological polar surface area (TPSA) is 62.8 Å². The summed E-state index contributed by atoms with van der Waals surface area (Å²) in [4.78, 5) is 15.1. The minimum absolute atomic E-state index is 0.179. The standard InChI is InChI=1S/C24H31N3O3/c1-29-19-12-10-18(11-13-19)21-17-25-26-24(21)22-9-5-6-15-27(22)23(28)14-16-30-20-7-3-2-4-8-20/h2-4,7-8,10-13,21-22,24-26H,5-6,9,14-17H2,1H3. The Balaban J connectivity index is 1.40. The molecule has 0 aromatic heterocycles. The van der Waals surface area contributed by atoms with E-state index in [1.54, 1.807) is 7.11 Å². The number of piperidine rings is 1. The number of nitrogens with zero attached hydrogens (tertiary/aromatic N) is 1. The third kappa shape index (κ3) is 4.77. The first-order chi connectivity index (χ1) is 14.8. The van der Waals surface area contributed by atoms with Crippen molar-refractivity contribution in [2.45, 2.75) is 43.7 Å². The van der Waals surface area contributed by atoms with Gasteiger partial charge >= 0.3 is 0 Å². The molecule has 2 aliphatic heterocycles. The number of nitrogens with one attached hydrogen (secondary N) is 2. The van der Waals surface area contributed by atoms with E-state index >= 15 is 0 Å². The van der Waals surface area contributed by atoms with Gasteiger partial charge in [-0.1, -0.05) is 30.3 Å². The van der Waals surface area contributed by atoms with Crippen molar-refractivity contribution in [1.82, 2.24) is 15.8 Å². The van der Waals surface area contributed by atoms with E-state index in [0.717, 1.165) is 43.9 Å². The predicted molar refractivity (Wildman–Crippen MR) is 117 cm³/mol. The lowest BCUT2D eigenvalue weighted by molar-refractivity contribution is -0.136. The van der Waals surface area contributed by atoms with E-state index in [4.69, 9.17) is 9.47 Å². The van der Waals surface area contributed by atoms with Gasteiger partial charge in [0.1, 0.15) is 11.5 Å². The first-order valence-corrected chi connectivity index (χ1v) is 10.9. The highest BCUT2D eigenvalue weighted by molar-refractivity contribution is 5.77. The molecule has 2 aromatic rings. The van der Waals surface area contributed by atoms with Crippen LogP contribution in [0.15, 0.2) is 54.6 Å². The number of carbonyl (C=O) groups excluding carboxylic acids is 1. The molecule has 0 radical (unpaired) electrons. The van der Waals surface area contributed by atoms with Crippen molar-refractivity contribution in [1.29, 1.82) is 0 Å². The Bertz CT molecular complexity index is 812. The van der Waals surface area contributed by atoms with Crippen LogP contribution in [0.3, 0.4) is 0 Å². The van der Waals surface area contributed by atoms with Crippen molar-refractivity contribution in [2.24, 2.45) is 0 Å². The Labute approximate surface area is 178 Å². The van der Waals surface area contributed by atoms with Crippen molar-refractivity contribution < 1.29 is 14.3 Å². The van der Waals surface area contributed by atoms with Crippen LogP contribution in [0.2, 0.25) is 0 Å². The van der Waals surface area contributed by atoms with E-state index < -0.39 is 0 Å². The Morgan fingerprint density at radius 1 is 1.07 bits per heavy atom. The van der Waals surface area contributed by atoms with Gasteiger partial charge in [-0.3, -0.25) is 15.6 Å². The second-order valence-corrected chi connectivity index (χ2v) is 7.99. The van der Waals surface area contributed by atoms with Gasteiger partial charge in [0.25, 0.3) is 0 Å². The van der Waals surface area contributed by atoms with Gasteiger partial charge in [0.15, 0.2) is 0 Å². The van der Waals surface area contributed by atoms with Crippen molar-refractivity contribution >= 4 is 5.91 Å². The molecule has 0 spiro atoms. The molecule has 2 aromatic carbocycles. The minimum atomic E-state index is 0.179. The molecule has 30 heavy (non-hydrogen) atoms. The van der Waals surface area contributed by atoms with Gasteiger partial charge in [0.05, 0.1) is 20.1 Å². The molecular formula is C24H31N3O3. The summed E-state index contributed by atoms with van der Waals surface area (Å²) in [5.74, 6) is 2.16. The molecule has 160 valence electrons. The maximum absolute atomic E-state index is 13.1. The second kappa shape index (κ2) is 9.96. The highest BCUT2D eigenvalue weighted by Crippen LogP contribution is 2.32. The Morgan fingerprint density at radius 2 is 1.87 bits per heavy atom. The van der Waals surface area contributed by atoms with Gasteiger partial charge in [0.2, 0.25) is 5.91 Å². The maximum Gasteiger partial charge on any atom is 0.226 e. The van der Waals surface area contributed by atoms with Crippen molar-refractivity contribution in [2.75, 3.05) is 26.8 Å². The van der Waals surface area contributed by atoms with Crippen LogP contribution in [0.25, 0.3) is 0 Å². The van der Waals surface area contributed by atoms with E-state index in [2.05, 4.69) is 27.9 Å². The summed E-state index contributed by atoms with van der Waals surface area (Å²) in [7, 11) is 1.68. The molecule has 3 atom stereocenters. The lowest BCUT2D eigenvalue weighted by Crippen LogP contribution is -2.55. The van der Waals surface area contributed by atoms with Gasteiger partial charge in [-0.2, -0.15) is 0 Å². The molecule has 3 unspecified atom stereocenters. The van der Waals surface area contributed by atoms with Gasteiger partial charge < -0.3 is 14.4 Å². The van der Waals surface area contributed by atoms with Gasteiger partial charge in [-0.15, -0.1) is 0 Å². The molecule has 2 fully saturated rings. The average Bonchev–Trinajstić information content (AvgIpc) is 3.29. The summed E-state index contributed by atoms with van der Waals surface area (Å²) in [6.07, 6.45) is 3.65. The summed E-state index contributed by atoms with van der Waals surface area (Å²) < 4.78 is 11.1. The molecule has 0 aliphatic carbocycles. The number of methoxy groups -OCH3 is 1. The van der Waals surface area contributed by atoms with E-state index in [-0.39, 0.29) is 18.0 Å². The zero-order valence-corrected chi connectivity index (χ0v) is 17.5. The second-order valence-electron chi connectivity index (χ2n) is 7.99. The first kappa shape index (κ1) is 20.7. The van der Waals surface area contributed by atoms with Crippen molar-refractivity contribution in [3.63, 3.8) is 0 Å². The quantitative estimate of drug-likeness (QED) is 0.736. The molecule has 2 saturated heterocycles. The number of carbonyl (C=O) groups is 1. The molecule has 6 heteroatoms. The molecule has 2 aliphatic rings. The number of rotatable bonds is 7. The molecule has 4 rings (SSSR count). The molecule has 1 amide bonds. The number of hydrogen-bond donors (Lipinski definition) is 2. The average molecular weight is 410 g/mol. The van der Waals surface area contributed by atoms with E-state index in [1.807, 2.05) is 42.5 Å². The molecule has 6 nitrogen and oxygen atoms in total. The van der Waals surface area contributed by atoms with Crippen molar-refractivity contribution in [3.05, 3.63) is 60.2 Å². The van der Waals surface area contributed by atoms with Crippen LogP contribution in [-0.2, 0) is 4.79 Å². The maximum atomic E-state index is 13.1. The van der Waals surface area contributed by atoms with E-state index in [9.17, 15) is 4.79 Å². The Kier molecular flexibility index (Phi) is 6.87. The highest BCUT2D eigenvalue weighted by atomic mass is 16.5. The van der Waals surface area contributed by atoms with Crippen LogP contribution in [0, 0.1) is 0 Å². The summed E-state index contributed by atoms with van der Waals surface area (Å²) >= 11 is 0. The molecule has 0 bridgehead atoms. The number of amides is 1. The fraction of sp³-hybridized carbons (Fsp3) is 0.458. The largest absolute Gasteiger partial charge is 0.497 e. The third-order valence-electron chi connectivity index (χ3n) is 6.18. The van der Waals surface area contributed by atoms with Gasteiger partial charge in [0, 0.05) is 31.1 Å². The van der Waals surface area contributed by atoms with Crippen LogP contribution >= 0.6 is 0 Å². The number of hydrogen-bond acceptors (Lipinski definition) is 5. The summed E-state index contributed by atoms with van der Waals surface area (Å²) in [6.45, 7) is 2.08. The minimum Gasteiger partial charge on any atom is -0.497 e. The van der Waals surface area contributed by atoms with Crippen molar-refractivity contribution in [3.8, 4) is 11.5 Å². The lowest BCUT2D eigenvalue weighted by atomic mass is 9.84. The smallest absolute Gasteiger partial charge is 0.226 e. The number of hydrazine groups is 1. The van der Waals surface area contributed by atoms with Crippen LogP contribution in [0.1, 0.15) is 37.2 Å². The van der Waals surface area contributed by atoms with Crippen LogP contribution in [-0.4, -0.2) is 49.7 Å². The zero-order chi connectivity index (χ0) is 20.8. The molecule has 2 N–H and O–H groups in total. The fourth-order valence-corrected chi connectivity index (χ4v) is 4.61. The molecule has 0 saturated carbocycles. The Morgan fingerprint density at radius 3 is 2.63 bits per heavy atom. The number of likely N-dealkylation sites (tertiary alicyclic amines) is 1. The van der Waals surface area contributed by atoms with Crippen LogP contribution in [0.5, 0.6) is 11.5 Å². The monoisotopic (exact) mass is 409 g/mol. The number of para-hydroxylation sites is 1. The van der Waals surface area contributed by atoms with E-state index in [1.165, 1.54) is 5.56 Å². The lowest BCUT2D eigenvalue weighted by Gasteiger charge is -2.41. The molecular weight excluding hydrogens is 378 g/mol. The SMILES string of the molecule is COc1ccc(C2CNNC2C2CCCCN2C(=O)CCOc2ccccc2)cc1. The number of ether oxygens (including phenoxy) is 2.